The standard InChI is InChI=1S/C12H11ClIN3O/c1-17-11(9(13)6-16-17)7-15-12(18)8-4-2-3-5-10(8)14/h2-6H,7H2,1H3,(H,15,18). The number of aryl methyl sites for hydroxylation is 1. The van der Waals surface area contributed by atoms with Crippen molar-refractivity contribution in [2.45, 2.75) is 6.54 Å². The monoisotopic (exact) mass is 375 g/mol. The van der Waals surface area contributed by atoms with Crippen molar-refractivity contribution in [2.24, 2.45) is 7.05 Å². The summed E-state index contributed by atoms with van der Waals surface area (Å²) in [5, 5.41) is 7.41. The first-order valence-corrected chi connectivity index (χ1v) is 6.74. The van der Waals surface area contributed by atoms with Crippen molar-refractivity contribution in [3.63, 3.8) is 0 Å². The molecule has 1 aromatic heterocycles. The van der Waals surface area contributed by atoms with Gasteiger partial charge in [0.05, 0.1) is 29.0 Å². The molecule has 18 heavy (non-hydrogen) atoms. The quantitative estimate of drug-likeness (QED) is 0.838. The molecule has 1 N–H and O–H groups in total. The summed E-state index contributed by atoms with van der Waals surface area (Å²) < 4.78 is 2.57. The third-order valence-corrected chi connectivity index (χ3v) is 3.80. The lowest BCUT2D eigenvalue weighted by molar-refractivity contribution is 0.0949. The first kappa shape index (κ1) is 13.4. The fourth-order valence-corrected chi connectivity index (χ4v) is 2.40. The molecule has 0 aliphatic carbocycles. The molecule has 2 rings (SSSR count). The fraction of sp³-hybridized carbons (Fsp3) is 0.167. The van der Waals surface area contributed by atoms with Crippen LogP contribution in [0.25, 0.3) is 0 Å². The van der Waals surface area contributed by atoms with Gasteiger partial charge in [-0.3, -0.25) is 9.48 Å². The van der Waals surface area contributed by atoms with Gasteiger partial charge in [0.25, 0.3) is 5.91 Å². The van der Waals surface area contributed by atoms with Crippen molar-refractivity contribution < 1.29 is 4.79 Å². The summed E-state index contributed by atoms with van der Waals surface area (Å²) in [5.41, 5.74) is 1.45. The molecule has 0 atom stereocenters. The van der Waals surface area contributed by atoms with E-state index < -0.39 is 0 Å². The van der Waals surface area contributed by atoms with Gasteiger partial charge in [-0.2, -0.15) is 5.10 Å². The van der Waals surface area contributed by atoms with Crippen molar-refractivity contribution in [3.05, 3.63) is 50.3 Å². The van der Waals surface area contributed by atoms with E-state index in [-0.39, 0.29) is 5.91 Å². The number of nitrogens with zero attached hydrogens (tertiary/aromatic N) is 2. The Morgan fingerprint density at radius 1 is 1.50 bits per heavy atom. The molecule has 0 fully saturated rings. The highest BCUT2D eigenvalue weighted by Gasteiger charge is 2.11. The van der Waals surface area contributed by atoms with Crippen LogP contribution in [-0.2, 0) is 13.6 Å². The number of carbonyl (C=O) groups is 1. The third-order valence-electron chi connectivity index (χ3n) is 2.55. The van der Waals surface area contributed by atoms with Crippen molar-refractivity contribution in [3.8, 4) is 0 Å². The number of halogens is 2. The van der Waals surface area contributed by atoms with E-state index in [0.717, 1.165) is 9.26 Å². The van der Waals surface area contributed by atoms with E-state index in [1.54, 1.807) is 24.0 Å². The average Bonchev–Trinajstić information content (AvgIpc) is 2.67. The van der Waals surface area contributed by atoms with Gasteiger partial charge >= 0.3 is 0 Å². The molecule has 1 heterocycles. The topological polar surface area (TPSA) is 46.9 Å². The van der Waals surface area contributed by atoms with E-state index in [0.29, 0.717) is 17.1 Å². The Balaban J connectivity index is 2.08. The second-order valence-electron chi connectivity index (χ2n) is 3.73. The van der Waals surface area contributed by atoms with Crippen LogP contribution in [0.2, 0.25) is 5.02 Å². The number of aromatic nitrogens is 2. The second-order valence-corrected chi connectivity index (χ2v) is 5.29. The van der Waals surface area contributed by atoms with Crippen molar-refractivity contribution >= 4 is 40.1 Å². The van der Waals surface area contributed by atoms with Crippen molar-refractivity contribution in [2.75, 3.05) is 0 Å². The Hall–Kier alpha value is -1.08. The van der Waals surface area contributed by atoms with Gasteiger partial charge in [-0.15, -0.1) is 0 Å². The van der Waals surface area contributed by atoms with Crippen molar-refractivity contribution in [1.29, 1.82) is 0 Å². The number of benzene rings is 1. The van der Waals surface area contributed by atoms with Gasteiger partial charge in [0.15, 0.2) is 0 Å². The number of hydrogen-bond acceptors (Lipinski definition) is 2. The fourth-order valence-electron chi connectivity index (χ4n) is 1.54. The minimum Gasteiger partial charge on any atom is -0.346 e. The Labute approximate surface area is 123 Å². The summed E-state index contributed by atoms with van der Waals surface area (Å²) in [5.74, 6) is -0.114. The Morgan fingerprint density at radius 3 is 2.83 bits per heavy atom. The van der Waals surface area contributed by atoms with E-state index >= 15 is 0 Å². The molecule has 0 unspecified atom stereocenters. The molecule has 4 nitrogen and oxygen atoms in total. The summed E-state index contributed by atoms with van der Waals surface area (Å²) in [6, 6.07) is 7.43. The number of rotatable bonds is 3. The average molecular weight is 376 g/mol. The second kappa shape index (κ2) is 5.71. The van der Waals surface area contributed by atoms with Gasteiger partial charge in [-0.1, -0.05) is 23.7 Å². The van der Waals surface area contributed by atoms with Gasteiger partial charge in [0, 0.05) is 10.6 Å². The lowest BCUT2D eigenvalue weighted by atomic mass is 10.2. The predicted octanol–water partition coefficient (Wildman–Crippen LogP) is 2.61. The minimum atomic E-state index is -0.114. The maximum absolute atomic E-state index is 12.0. The van der Waals surface area contributed by atoms with Gasteiger partial charge < -0.3 is 5.32 Å². The highest BCUT2D eigenvalue weighted by atomic mass is 127. The molecule has 0 radical (unpaired) electrons. The number of nitrogens with one attached hydrogen (secondary N) is 1. The van der Waals surface area contributed by atoms with Gasteiger partial charge in [0.1, 0.15) is 0 Å². The first-order chi connectivity index (χ1) is 8.59. The molecular weight excluding hydrogens is 365 g/mol. The summed E-state index contributed by atoms with van der Waals surface area (Å²) in [6.07, 6.45) is 1.56. The largest absolute Gasteiger partial charge is 0.346 e. The number of amides is 1. The summed E-state index contributed by atoms with van der Waals surface area (Å²) in [6.45, 7) is 0.360. The van der Waals surface area contributed by atoms with E-state index in [1.807, 2.05) is 18.2 Å². The predicted molar refractivity (Wildman–Crippen MR) is 78.5 cm³/mol. The number of hydrogen-bond donors (Lipinski definition) is 1. The molecule has 0 aliphatic rings. The van der Waals surface area contributed by atoms with Crippen molar-refractivity contribution in [1.82, 2.24) is 15.1 Å². The Kier molecular flexibility index (Phi) is 4.23. The van der Waals surface area contributed by atoms with Gasteiger partial charge in [0.2, 0.25) is 0 Å². The zero-order valence-electron chi connectivity index (χ0n) is 9.65. The van der Waals surface area contributed by atoms with E-state index in [2.05, 4.69) is 33.0 Å². The highest BCUT2D eigenvalue weighted by molar-refractivity contribution is 14.1. The molecule has 0 spiro atoms. The zero-order valence-corrected chi connectivity index (χ0v) is 12.6. The molecule has 0 saturated carbocycles. The Morgan fingerprint density at radius 2 is 2.22 bits per heavy atom. The molecule has 94 valence electrons. The van der Waals surface area contributed by atoms with Crippen LogP contribution < -0.4 is 5.32 Å². The van der Waals surface area contributed by atoms with Gasteiger partial charge in [-0.05, 0) is 34.7 Å². The summed E-state index contributed by atoms with van der Waals surface area (Å²) in [4.78, 5) is 12.0. The van der Waals surface area contributed by atoms with Crippen LogP contribution >= 0.6 is 34.2 Å². The van der Waals surface area contributed by atoms with Crippen LogP contribution in [0.3, 0.4) is 0 Å². The van der Waals surface area contributed by atoms with Gasteiger partial charge in [-0.25, -0.2) is 0 Å². The smallest absolute Gasteiger partial charge is 0.252 e. The van der Waals surface area contributed by atoms with Crippen LogP contribution in [0, 0.1) is 3.57 Å². The zero-order chi connectivity index (χ0) is 13.1. The van der Waals surface area contributed by atoms with Crippen LogP contribution in [0.4, 0.5) is 0 Å². The minimum absolute atomic E-state index is 0.114. The maximum Gasteiger partial charge on any atom is 0.252 e. The summed E-state index contributed by atoms with van der Waals surface area (Å²) in [7, 11) is 1.79. The molecule has 0 saturated heterocycles. The summed E-state index contributed by atoms with van der Waals surface area (Å²) >= 11 is 8.11. The normalized spacial score (nSPS) is 10.4. The van der Waals surface area contributed by atoms with E-state index in [1.165, 1.54) is 0 Å². The van der Waals surface area contributed by atoms with E-state index in [9.17, 15) is 4.79 Å². The van der Waals surface area contributed by atoms with E-state index in [4.69, 9.17) is 11.6 Å². The lowest BCUT2D eigenvalue weighted by Gasteiger charge is -2.07. The molecule has 0 bridgehead atoms. The van der Waals surface area contributed by atoms with Crippen LogP contribution in [0.5, 0.6) is 0 Å². The highest BCUT2D eigenvalue weighted by Crippen LogP contribution is 2.15. The van der Waals surface area contributed by atoms with Crippen LogP contribution in [0.15, 0.2) is 30.5 Å². The van der Waals surface area contributed by atoms with Crippen LogP contribution in [-0.4, -0.2) is 15.7 Å². The molecule has 2 aromatic rings. The lowest BCUT2D eigenvalue weighted by Crippen LogP contribution is -2.25. The molecule has 0 aliphatic heterocycles. The Bertz CT molecular complexity index is 563. The third kappa shape index (κ3) is 2.84. The molecule has 6 heteroatoms. The number of carbonyl (C=O) groups excluding carboxylic acids is 1. The molecule has 1 aromatic carbocycles. The SMILES string of the molecule is Cn1ncc(Cl)c1CNC(=O)c1ccccc1I. The maximum atomic E-state index is 12.0. The molecule has 1 amide bonds. The van der Waals surface area contributed by atoms with Crippen LogP contribution in [0.1, 0.15) is 16.1 Å². The first-order valence-electron chi connectivity index (χ1n) is 5.28. The molecular formula is C12H11ClIN3O.